The van der Waals surface area contributed by atoms with Gasteiger partial charge in [0, 0.05) is 13.0 Å². The SMILES string of the molecule is CCC(C)N(CC(=O)Nc1ccccc1F)C(C)=O. The summed E-state index contributed by atoms with van der Waals surface area (Å²) in [5, 5.41) is 2.47. The smallest absolute Gasteiger partial charge is 0.244 e. The van der Waals surface area contributed by atoms with Crippen LogP contribution in [0.3, 0.4) is 0 Å². The minimum Gasteiger partial charge on any atom is -0.331 e. The molecule has 0 fully saturated rings. The van der Waals surface area contributed by atoms with E-state index in [1.165, 1.54) is 24.0 Å². The Balaban J connectivity index is 2.68. The molecule has 1 N–H and O–H groups in total. The molecule has 1 unspecified atom stereocenters. The van der Waals surface area contributed by atoms with Gasteiger partial charge < -0.3 is 10.2 Å². The number of halogens is 1. The summed E-state index contributed by atoms with van der Waals surface area (Å²) in [6.45, 7) is 5.16. The Morgan fingerprint density at radius 2 is 2.00 bits per heavy atom. The number of hydrogen-bond donors (Lipinski definition) is 1. The first-order valence-corrected chi connectivity index (χ1v) is 6.27. The summed E-state index contributed by atoms with van der Waals surface area (Å²) in [5.41, 5.74) is 0.125. The van der Waals surface area contributed by atoms with Crippen molar-refractivity contribution in [2.24, 2.45) is 0 Å². The number of nitrogens with one attached hydrogen (secondary N) is 1. The third kappa shape index (κ3) is 4.35. The maximum atomic E-state index is 13.4. The Labute approximate surface area is 112 Å². The van der Waals surface area contributed by atoms with E-state index in [4.69, 9.17) is 0 Å². The topological polar surface area (TPSA) is 49.4 Å². The van der Waals surface area contributed by atoms with E-state index in [2.05, 4.69) is 5.32 Å². The lowest BCUT2D eigenvalue weighted by Gasteiger charge is -2.26. The van der Waals surface area contributed by atoms with Gasteiger partial charge in [0.1, 0.15) is 12.4 Å². The lowest BCUT2D eigenvalue weighted by Crippen LogP contribution is -2.42. The second kappa shape index (κ2) is 6.87. The van der Waals surface area contributed by atoms with Gasteiger partial charge in [-0.05, 0) is 25.5 Å². The van der Waals surface area contributed by atoms with Crippen LogP contribution in [0.25, 0.3) is 0 Å². The van der Waals surface area contributed by atoms with Crippen LogP contribution < -0.4 is 5.32 Å². The number of rotatable bonds is 5. The molecular weight excluding hydrogens is 247 g/mol. The lowest BCUT2D eigenvalue weighted by atomic mass is 10.2. The van der Waals surface area contributed by atoms with E-state index in [0.717, 1.165) is 6.42 Å². The zero-order chi connectivity index (χ0) is 14.4. The van der Waals surface area contributed by atoms with Gasteiger partial charge in [-0.15, -0.1) is 0 Å². The molecule has 19 heavy (non-hydrogen) atoms. The third-order valence-electron chi connectivity index (χ3n) is 2.99. The maximum absolute atomic E-state index is 13.4. The summed E-state index contributed by atoms with van der Waals surface area (Å²) in [5.74, 6) is -1.06. The molecular formula is C14H19FN2O2. The summed E-state index contributed by atoms with van der Waals surface area (Å²) >= 11 is 0. The average Bonchev–Trinajstić information content (AvgIpc) is 2.37. The highest BCUT2D eigenvalue weighted by Crippen LogP contribution is 2.12. The molecule has 0 aromatic heterocycles. The molecule has 1 atom stereocenters. The van der Waals surface area contributed by atoms with Gasteiger partial charge >= 0.3 is 0 Å². The Morgan fingerprint density at radius 3 is 2.53 bits per heavy atom. The van der Waals surface area contributed by atoms with Gasteiger partial charge in [0.05, 0.1) is 5.69 Å². The summed E-state index contributed by atoms with van der Waals surface area (Å²) in [7, 11) is 0. The highest BCUT2D eigenvalue weighted by atomic mass is 19.1. The fourth-order valence-electron chi connectivity index (χ4n) is 1.70. The van der Waals surface area contributed by atoms with Gasteiger partial charge in [-0.2, -0.15) is 0 Å². The van der Waals surface area contributed by atoms with Crippen LogP contribution in [0.4, 0.5) is 10.1 Å². The van der Waals surface area contributed by atoms with Crippen LogP contribution in [0.5, 0.6) is 0 Å². The van der Waals surface area contributed by atoms with Gasteiger partial charge in [0.25, 0.3) is 0 Å². The van der Waals surface area contributed by atoms with Crippen molar-refractivity contribution in [1.82, 2.24) is 4.90 Å². The first-order valence-electron chi connectivity index (χ1n) is 6.27. The van der Waals surface area contributed by atoms with Crippen molar-refractivity contribution in [2.45, 2.75) is 33.2 Å². The van der Waals surface area contributed by atoms with E-state index in [-0.39, 0.29) is 24.2 Å². The second-order valence-corrected chi connectivity index (χ2v) is 4.43. The average molecular weight is 266 g/mol. The van der Waals surface area contributed by atoms with Gasteiger partial charge in [0.15, 0.2) is 0 Å². The molecule has 0 saturated heterocycles. The summed E-state index contributed by atoms with van der Waals surface area (Å²) in [6.07, 6.45) is 0.757. The largest absolute Gasteiger partial charge is 0.331 e. The molecule has 0 spiro atoms. The van der Waals surface area contributed by atoms with Crippen LogP contribution in [0.1, 0.15) is 27.2 Å². The Kier molecular flexibility index (Phi) is 5.48. The number of carbonyl (C=O) groups is 2. The van der Waals surface area contributed by atoms with Gasteiger partial charge in [-0.1, -0.05) is 19.1 Å². The van der Waals surface area contributed by atoms with Gasteiger partial charge in [-0.3, -0.25) is 9.59 Å². The van der Waals surface area contributed by atoms with Crippen molar-refractivity contribution in [3.05, 3.63) is 30.1 Å². The summed E-state index contributed by atoms with van der Waals surface area (Å²) < 4.78 is 13.4. The molecule has 4 nitrogen and oxygen atoms in total. The molecule has 1 rings (SSSR count). The van der Waals surface area contributed by atoms with Crippen LogP contribution in [-0.4, -0.2) is 29.3 Å². The van der Waals surface area contributed by atoms with Gasteiger partial charge in [-0.25, -0.2) is 4.39 Å². The monoisotopic (exact) mass is 266 g/mol. The van der Waals surface area contributed by atoms with Crippen molar-refractivity contribution in [3.63, 3.8) is 0 Å². The Bertz CT molecular complexity index is 463. The molecule has 5 heteroatoms. The maximum Gasteiger partial charge on any atom is 0.244 e. The first kappa shape index (κ1) is 15.1. The third-order valence-corrected chi connectivity index (χ3v) is 2.99. The standard InChI is InChI=1S/C14H19FN2O2/c1-4-10(2)17(11(3)18)9-14(19)16-13-8-6-5-7-12(13)15/h5-8,10H,4,9H2,1-3H3,(H,16,19). The van der Waals surface area contributed by atoms with E-state index >= 15 is 0 Å². The molecule has 0 bridgehead atoms. The zero-order valence-electron chi connectivity index (χ0n) is 11.4. The number of amides is 2. The van der Waals surface area contributed by atoms with E-state index in [0.29, 0.717) is 0 Å². The van der Waals surface area contributed by atoms with E-state index in [9.17, 15) is 14.0 Å². The number of benzene rings is 1. The highest BCUT2D eigenvalue weighted by Gasteiger charge is 2.19. The number of carbonyl (C=O) groups excluding carboxylic acids is 2. The molecule has 2 amide bonds. The summed E-state index contributed by atoms with van der Waals surface area (Å²) in [4.78, 5) is 24.8. The number of nitrogens with zero attached hydrogens (tertiary/aromatic N) is 1. The molecule has 1 aromatic rings. The number of para-hydroxylation sites is 1. The predicted octanol–water partition coefficient (Wildman–Crippen LogP) is 2.41. The molecule has 104 valence electrons. The Hall–Kier alpha value is -1.91. The first-order chi connectivity index (χ1) is 8.95. The minimum absolute atomic E-state index is 0.0242. The molecule has 0 aliphatic rings. The molecule has 0 saturated carbocycles. The molecule has 0 heterocycles. The van der Waals surface area contributed by atoms with Crippen molar-refractivity contribution < 1.29 is 14.0 Å². The Morgan fingerprint density at radius 1 is 1.37 bits per heavy atom. The van der Waals surface area contributed by atoms with Crippen molar-refractivity contribution >= 4 is 17.5 Å². The van der Waals surface area contributed by atoms with Crippen LogP contribution in [0.2, 0.25) is 0 Å². The van der Waals surface area contributed by atoms with Gasteiger partial charge in [0.2, 0.25) is 11.8 Å². The second-order valence-electron chi connectivity index (χ2n) is 4.43. The van der Waals surface area contributed by atoms with Crippen LogP contribution in [0, 0.1) is 5.82 Å². The predicted molar refractivity (Wildman–Crippen MR) is 72.2 cm³/mol. The van der Waals surface area contributed by atoms with Crippen molar-refractivity contribution in [3.8, 4) is 0 Å². The number of hydrogen-bond acceptors (Lipinski definition) is 2. The molecule has 0 aliphatic heterocycles. The lowest BCUT2D eigenvalue weighted by molar-refractivity contribution is -0.134. The minimum atomic E-state index is -0.492. The van der Waals surface area contributed by atoms with Crippen molar-refractivity contribution in [1.29, 1.82) is 0 Å². The summed E-state index contributed by atoms with van der Waals surface area (Å²) in [6, 6.07) is 5.91. The van der Waals surface area contributed by atoms with E-state index < -0.39 is 11.7 Å². The molecule has 1 aromatic carbocycles. The zero-order valence-corrected chi connectivity index (χ0v) is 11.4. The highest BCUT2D eigenvalue weighted by molar-refractivity contribution is 5.94. The molecule has 0 radical (unpaired) electrons. The quantitative estimate of drug-likeness (QED) is 0.889. The normalized spacial score (nSPS) is 11.8. The fraction of sp³-hybridized carbons (Fsp3) is 0.429. The van der Waals surface area contributed by atoms with Crippen LogP contribution in [0.15, 0.2) is 24.3 Å². The van der Waals surface area contributed by atoms with Crippen molar-refractivity contribution in [2.75, 3.05) is 11.9 Å². The fourth-order valence-corrected chi connectivity index (χ4v) is 1.70. The van der Waals surface area contributed by atoms with E-state index in [1.54, 1.807) is 12.1 Å². The number of anilines is 1. The molecule has 0 aliphatic carbocycles. The van der Waals surface area contributed by atoms with Crippen LogP contribution >= 0.6 is 0 Å². The van der Waals surface area contributed by atoms with E-state index in [1.807, 2.05) is 13.8 Å². The van der Waals surface area contributed by atoms with Crippen LogP contribution in [-0.2, 0) is 9.59 Å².